The van der Waals surface area contributed by atoms with Gasteiger partial charge in [0.25, 0.3) is 0 Å². The van der Waals surface area contributed by atoms with Crippen LogP contribution in [0.3, 0.4) is 0 Å². The van der Waals surface area contributed by atoms with Crippen LogP contribution in [0.4, 0.5) is 0 Å². The Kier molecular flexibility index (Phi) is 3.53. The third kappa shape index (κ3) is 2.21. The zero-order valence-corrected chi connectivity index (χ0v) is 10.3. The van der Waals surface area contributed by atoms with Crippen molar-refractivity contribution in [2.75, 3.05) is 0 Å². The molecule has 0 unspecified atom stereocenters. The van der Waals surface area contributed by atoms with Crippen molar-refractivity contribution >= 4 is 0 Å². The van der Waals surface area contributed by atoms with E-state index in [1.54, 1.807) is 0 Å². The van der Waals surface area contributed by atoms with Gasteiger partial charge in [-0.3, -0.25) is 0 Å². The maximum Gasteiger partial charge on any atom is 0.0943 e. The average Bonchev–Trinajstić information content (AvgIpc) is 2.15. The van der Waals surface area contributed by atoms with E-state index < -0.39 is 6.10 Å². The molecule has 0 aromatic heterocycles. The van der Waals surface area contributed by atoms with E-state index in [1.807, 2.05) is 20.8 Å². The van der Waals surface area contributed by atoms with Crippen molar-refractivity contribution in [1.82, 2.24) is 0 Å². The van der Waals surface area contributed by atoms with Gasteiger partial charge in [0, 0.05) is 6.04 Å². The first-order valence-electron chi connectivity index (χ1n) is 5.37. The summed E-state index contributed by atoms with van der Waals surface area (Å²) in [5.41, 5.74) is 11.5. The molecule has 3 N–H and O–H groups in total. The molecule has 84 valence electrons. The first-order valence-corrected chi connectivity index (χ1v) is 5.37. The van der Waals surface area contributed by atoms with Crippen LogP contribution in [-0.2, 0) is 0 Å². The first kappa shape index (κ1) is 12.2. The zero-order valence-electron chi connectivity index (χ0n) is 10.3. The highest BCUT2D eigenvalue weighted by molar-refractivity contribution is 5.45. The lowest BCUT2D eigenvalue weighted by atomic mass is 9.89. The Morgan fingerprint density at radius 3 is 1.80 bits per heavy atom. The second kappa shape index (κ2) is 4.33. The third-order valence-electron chi connectivity index (χ3n) is 3.22. The molecule has 15 heavy (non-hydrogen) atoms. The van der Waals surface area contributed by atoms with Crippen molar-refractivity contribution in [3.05, 3.63) is 33.9 Å². The zero-order chi connectivity index (χ0) is 11.7. The van der Waals surface area contributed by atoms with Crippen LogP contribution in [0.1, 0.15) is 40.8 Å². The molecule has 0 heterocycles. The molecule has 0 saturated heterocycles. The molecule has 2 nitrogen and oxygen atoms in total. The normalized spacial score (nSPS) is 15.1. The minimum absolute atomic E-state index is 0.233. The van der Waals surface area contributed by atoms with Gasteiger partial charge in [0.1, 0.15) is 0 Å². The molecule has 0 aliphatic carbocycles. The van der Waals surface area contributed by atoms with Gasteiger partial charge in [-0.05, 0) is 62.4 Å². The van der Waals surface area contributed by atoms with Crippen LogP contribution in [0.25, 0.3) is 0 Å². The summed E-state index contributed by atoms with van der Waals surface area (Å²) in [7, 11) is 0. The highest BCUT2D eigenvalue weighted by Gasteiger charge is 2.19. The van der Waals surface area contributed by atoms with Gasteiger partial charge in [0.15, 0.2) is 0 Å². The van der Waals surface area contributed by atoms with Gasteiger partial charge >= 0.3 is 0 Å². The number of hydrogen-bond donors (Lipinski definition) is 2. The van der Waals surface area contributed by atoms with Crippen LogP contribution >= 0.6 is 0 Å². The van der Waals surface area contributed by atoms with Gasteiger partial charge in [-0.1, -0.05) is 6.07 Å². The lowest BCUT2D eigenvalue weighted by Crippen LogP contribution is -2.26. The van der Waals surface area contributed by atoms with Crippen LogP contribution < -0.4 is 5.73 Å². The van der Waals surface area contributed by atoms with Gasteiger partial charge in [0.2, 0.25) is 0 Å². The molecule has 0 spiro atoms. The summed E-state index contributed by atoms with van der Waals surface area (Å²) >= 11 is 0. The lowest BCUT2D eigenvalue weighted by Gasteiger charge is -2.22. The Labute approximate surface area is 92.1 Å². The van der Waals surface area contributed by atoms with Crippen LogP contribution in [0, 0.1) is 27.7 Å². The SMILES string of the molecule is Cc1cc(C)c(C)c([C@@H](O)[C@H](C)N)c1C. The van der Waals surface area contributed by atoms with Crippen molar-refractivity contribution in [1.29, 1.82) is 0 Å². The van der Waals surface area contributed by atoms with Gasteiger partial charge in [-0.2, -0.15) is 0 Å². The second-order valence-electron chi connectivity index (χ2n) is 4.48. The number of aryl methyl sites for hydroxylation is 2. The van der Waals surface area contributed by atoms with E-state index in [9.17, 15) is 5.11 Å². The molecule has 0 aliphatic heterocycles. The van der Waals surface area contributed by atoms with Crippen molar-refractivity contribution in [3.63, 3.8) is 0 Å². The lowest BCUT2D eigenvalue weighted by molar-refractivity contribution is 0.152. The van der Waals surface area contributed by atoms with Gasteiger partial charge < -0.3 is 10.8 Å². The predicted molar refractivity (Wildman–Crippen MR) is 64.0 cm³/mol. The number of aliphatic hydroxyl groups excluding tert-OH is 1. The average molecular weight is 207 g/mol. The van der Waals surface area contributed by atoms with Crippen molar-refractivity contribution < 1.29 is 5.11 Å². The molecule has 0 fully saturated rings. The van der Waals surface area contributed by atoms with Crippen LogP contribution in [-0.4, -0.2) is 11.1 Å². The minimum Gasteiger partial charge on any atom is -0.387 e. The minimum atomic E-state index is -0.566. The summed E-state index contributed by atoms with van der Waals surface area (Å²) in [6.07, 6.45) is -0.566. The summed E-state index contributed by atoms with van der Waals surface area (Å²) in [6, 6.07) is 1.92. The molecule has 0 amide bonds. The Bertz CT molecular complexity index is 343. The summed E-state index contributed by atoms with van der Waals surface area (Å²) in [5.74, 6) is 0. The molecule has 2 heteroatoms. The highest BCUT2D eigenvalue weighted by Crippen LogP contribution is 2.28. The van der Waals surface area contributed by atoms with Crippen molar-refractivity contribution in [3.8, 4) is 0 Å². The van der Waals surface area contributed by atoms with Crippen molar-refractivity contribution in [2.24, 2.45) is 5.73 Å². The van der Waals surface area contributed by atoms with Crippen LogP contribution in [0.2, 0.25) is 0 Å². The van der Waals surface area contributed by atoms with E-state index in [0.29, 0.717) is 0 Å². The van der Waals surface area contributed by atoms with Gasteiger partial charge in [0.05, 0.1) is 6.10 Å². The molecular weight excluding hydrogens is 186 g/mol. The Morgan fingerprint density at radius 1 is 1.07 bits per heavy atom. The fraction of sp³-hybridized carbons (Fsp3) is 0.538. The number of nitrogens with two attached hydrogens (primary N) is 1. The fourth-order valence-corrected chi connectivity index (χ4v) is 1.95. The number of rotatable bonds is 2. The molecule has 0 radical (unpaired) electrons. The largest absolute Gasteiger partial charge is 0.387 e. The second-order valence-corrected chi connectivity index (χ2v) is 4.48. The smallest absolute Gasteiger partial charge is 0.0943 e. The topological polar surface area (TPSA) is 46.2 Å². The summed E-state index contributed by atoms with van der Waals surface area (Å²) in [5, 5.41) is 10.1. The molecule has 0 bridgehead atoms. The first-order chi connectivity index (χ1) is 6.86. The number of benzene rings is 1. The molecular formula is C13H21NO. The van der Waals surface area contributed by atoms with E-state index in [-0.39, 0.29) is 6.04 Å². The summed E-state index contributed by atoms with van der Waals surface area (Å²) in [4.78, 5) is 0. The molecule has 1 rings (SSSR count). The quantitative estimate of drug-likeness (QED) is 0.781. The molecule has 0 aliphatic rings. The van der Waals surface area contributed by atoms with E-state index >= 15 is 0 Å². The monoisotopic (exact) mass is 207 g/mol. The van der Waals surface area contributed by atoms with Crippen molar-refractivity contribution in [2.45, 2.75) is 46.8 Å². The van der Waals surface area contributed by atoms with Gasteiger partial charge in [-0.15, -0.1) is 0 Å². The van der Waals surface area contributed by atoms with E-state index in [4.69, 9.17) is 5.73 Å². The van der Waals surface area contributed by atoms with E-state index in [1.165, 1.54) is 11.1 Å². The Balaban J connectivity index is 3.39. The van der Waals surface area contributed by atoms with Gasteiger partial charge in [-0.25, -0.2) is 0 Å². The standard InChI is InChI=1S/C13H21NO/c1-7-6-8(2)10(4)12(9(7)3)13(15)11(5)14/h6,11,13,15H,14H2,1-5H3/t11-,13-/m0/s1. The number of hydrogen-bond acceptors (Lipinski definition) is 2. The molecule has 1 aromatic carbocycles. The molecule has 0 saturated carbocycles. The van der Waals surface area contributed by atoms with Crippen LogP contribution in [0.5, 0.6) is 0 Å². The predicted octanol–water partition coefficient (Wildman–Crippen LogP) is 2.30. The van der Waals surface area contributed by atoms with E-state index in [0.717, 1.165) is 16.7 Å². The third-order valence-corrected chi connectivity index (χ3v) is 3.22. The molecule has 1 aromatic rings. The fourth-order valence-electron chi connectivity index (χ4n) is 1.95. The molecule has 2 atom stereocenters. The maximum atomic E-state index is 10.1. The highest BCUT2D eigenvalue weighted by atomic mass is 16.3. The summed E-state index contributed by atoms with van der Waals surface area (Å²) < 4.78 is 0. The Hall–Kier alpha value is -0.860. The van der Waals surface area contributed by atoms with Crippen LogP contribution in [0.15, 0.2) is 6.07 Å². The number of aliphatic hydroxyl groups is 1. The maximum absolute atomic E-state index is 10.1. The Morgan fingerprint density at radius 2 is 1.47 bits per heavy atom. The summed E-state index contributed by atoms with van der Waals surface area (Å²) in [6.45, 7) is 10.1. The van der Waals surface area contributed by atoms with E-state index in [2.05, 4.69) is 19.9 Å².